The average molecular weight is 286 g/mol. The van der Waals surface area contributed by atoms with Crippen LogP contribution in [0.1, 0.15) is 17.4 Å². The zero-order valence-corrected chi connectivity index (χ0v) is 12.3. The summed E-state index contributed by atoms with van der Waals surface area (Å²) in [5, 5.41) is 5.12. The van der Waals surface area contributed by atoms with E-state index in [1.807, 2.05) is 48.6 Å². The number of nitrogens with one attached hydrogen (secondary N) is 1. The van der Waals surface area contributed by atoms with Gasteiger partial charge in [-0.25, -0.2) is 0 Å². The van der Waals surface area contributed by atoms with Crippen LogP contribution in [-0.4, -0.2) is 23.4 Å². The lowest BCUT2D eigenvalue weighted by molar-refractivity contribution is -0.121. The zero-order chi connectivity index (χ0) is 13.9. The molecule has 0 saturated heterocycles. The highest BCUT2D eigenvalue weighted by Crippen LogP contribution is 2.25. The molecule has 20 heavy (non-hydrogen) atoms. The van der Waals surface area contributed by atoms with Crippen LogP contribution in [0.3, 0.4) is 0 Å². The Balaban J connectivity index is 1.64. The summed E-state index contributed by atoms with van der Waals surface area (Å²) >= 11 is 1.82. The SMILES string of the molecule is C[C@H](C(=O)Nc1ccccc1)N1CCc2sccc2C1. The summed E-state index contributed by atoms with van der Waals surface area (Å²) in [4.78, 5) is 16.0. The molecule has 1 N–H and O–H groups in total. The number of amides is 1. The van der Waals surface area contributed by atoms with E-state index in [1.165, 1.54) is 10.4 Å². The molecule has 0 unspecified atom stereocenters. The molecule has 1 aliphatic rings. The molecule has 1 amide bonds. The molecule has 0 aliphatic carbocycles. The van der Waals surface area contributed by atoms with Gasteiger partial charge in [-0.05, 0) is 42.5 Å². The molecule has 1 aromatic carbocycles. The molecule has 4 heteroatoms. The van der Waals surface area contributed by atoms with Crippen molar-refractivity contribution >= 4 is 22.9 Å². The van der Waals surface area contributed by atoms with Crippen molar-refractivity contribution in [2.24, 2.45) is 0 Å². The zero-order valence-electron chi connectivity index (χ0n) is 11.5. The number of carbonyl (C=O) groups is 1. The summed E-state index contributed by atoms with van der Waals surface area (Å²) in [6.45, 7) is 3.81. The molecule has 3 nitrogen and oxygen atoms in total. The third kappa shape index (κ3) is 2.76. The van der Waals surface area contributed by atoms with Crippen LogP contribution in [0.2, 0.25) is 0 Å². The predicted molar refractivity (Wildman–Crippen MR) is 83.0 cm³/mol. The van der Waals surface area contributed by atoms with Crippen LogP contribution in [-0.2, 0) is 17.8 Å². The molecule has 0 saturated carbocycles. The number of benzene rings is 1. The highest BCUT2D eigenvalue weighted by molar-refractivity contribution is 7.10. The Morgan fingerprint density at radius 1 is 1.30 bits per heavy atom. The minimum Gasteiger partial charge on any atom is -0.325 e. The third-order valence-electron chi connectivity index (χ3n) is 3.81. The molecular formula is C16H18N2OS. The Kier molecular flexibility index (Phi) is 3.85. The van der Waals surface area contributed by atoms with Crippen molar-refractivity contribution in [3.8, 4) is 0 Å². The van der Waals surface area contributed by atoms with Crippen molar-refractivity contribution in [3.05, 3.63) is 52.2 Å². The van der Waals surface area contributed by atoms with Crippen LogP contribution in [0, 0.1) is 0 Å². The molecule has 0 fully saturated rings. The van der Waals surface area contributed by atoms with Gasteiger partial charge in [0.1, 0.15) is 0 Å². The summed E-state index contributed by atoms with van der Waals surface area (Å²) in [6.07, 6.45) is 1.05. The second kappa shape index (κ2) is 5.77. The topological polar surface area (TPSA) is 32.3 Å². The lowest BCUT2D eigenvalue weighted by atomic mass is 10.1. The van der Waals surface area contributed by atoms with Crippen LogP contribution >= 0.6 is 11.3 Å². The number of rotatable bonds is 3. The van der Waals surface area contributed by atoms with E-state index in [1.54, 1.807) is 0 Å². The molecule has 2 aromatic rings. The summed E-state index contributed by atoms with van der Waals surface area (Å²) in [6, 6.07) is 11.7. The van der Waals surface area contributed by atoms with Gasteiger partial charge in [0.15, 0.2) is 0 Å². The van der Waals surface area contributed by atoms with E-state index < -0.39 is 0 Å². The normalized spacial score (nSPS) is 16.4. The van der Waals surface area contributed by atoms with Gasteiger partial charge < -0.3 is 5.32 Å². The van der Waals surface area contributed by atoms with E-state index in [-0.39, 0.29) is 11.9 Å². The highest BCUT2D eigenvalue weighted by atomic mass is 32.1. The maximum Gasteiger partial charge on any atom is 0.241 e. The van der Waals surface area contributed by atoms with E-state index in [2.05, 4.69) is 21.7 Å². The van der Waals surface area contributed by atoms with Gasteiger partial charge in [-0.2, -0.15) is 0 Å². The molecule has 1 atom stereocenters. The number of hydrogen-bond donors (Lipinski definition) is 1. The third-order valence-corrected chi connectivity index (χ3v) is 4.83. The van der Waals surface area contributed by atoms with Crippen LogP contribution in [0.5, 0.6) is 0 Å². The molecule has 0 bridgehead atoms. The van der Waals surface area contributed by atoms with Crippen molar-refractivity contribution in [1.29, 1.82) is 0 Å². The molecule has 1 aliphatic heterocycles. The van der Waals surface area contributed by atoms with Gasteiger partial charge in [0.05, 0.1) is 6.04 Å². The lowest BCUT2D eigenvalue weighted by Gasteiger charge is -2.31. The van der Waals surface area contributed by atoms with Crippen LogP contribution in [0.25, 0.3) is 0 Å². The Bertz CT molecular complexity index is 594. The van der Waals surface area contributed by atoms with Gasteiger partial charge in [-0.3, -0.25) is 9.69 Å². The van der Waals surface area contributed by atoms with Gasteiger partial charge in [-0.15, -0.1) is 11.3 Å². The minimum absolute atomic E-state index is 0.0647. The first kappa shape index (κ1) is 13.3. The van der Waals surface area contributed by atoms with Gasteiger partial charge in [0.25, 0.3) is 0 Å². The summed E-state index contributed by atoms with van der Waals surface area (Å²) in [7, 11) is 0. The standard InChI is InChI=1S/C16H18N2OS/c1-12(16(19)17-14-5-3-2-4-6-14)18-9-7-15-13(11-18)8-10-20-15/h2-6,8,10,12H,7,9,11H2,1H3,(H,17,19)/t12-/m1/s1. The van der Waals surface area contributed by atoms with E-state index in [9.17, 15) is 4.79 Å². The first-order valence-corrected chi connectivity index (χ1v) is 7.77. The Labute approximate surface area is 123 Å². The number of fused-ring (bicyclic) bond motifs is 1. The average Bonchev–Trinajstić information content (AvgIpc) is 2.94. The van der Waals surface area contributed by atoms with Gasteiger partial charge in [0.2, 0.25) is 5.91 Å². The van der Waals surface area contributed by atoms with E-state index in [4.69, 9.17) is 0 Å². The van der Waals surface area contributed by atoms with Crippen LogP contribution in [0.4, 0.5) is 5.69 Å². The molecule has 3 rings (SSSR count). The molecule has 2 heterocycles. The van der Waals surface area contributed by atoms with E-state index >= 15 is 0 Å². The van der Waals surface area contributed by atoms with Gasteiger partial charge >= 0.3 is 0 Å². The van der Waals surface area contributed by atoms with Gasteiger partial charge in [0, 0.05) is 23.7 Å². The monoisotopic (exact) mass is 286 g/mol. The fourth-order valence-electron chi connectivity index (χ4n) is 2.53. The van der Waals surface area contributed by atoms with Crippen molar-refractivity contribution in [1.82, 2.24) is 4.90 Å². The molecule has 104 valence electrons. The second-order valence-corrected chi connectivity index (χ2v) is 6.12. The number of hydrogen-bond acceptors (Lipinski definition) is 3. The van der Waals surface area contributed by atoms with Crippen molar-refractivity contribution in [2.45, 2.75) is 25.9 Å². The fraction of sp³-hybridized carbons (Fsp3) is 0.312. The Morgan fingerprint density at radius 2 is 2.10 bits per heavy atom. The summed E-state index contributed by atoms with van der Waals surface area (Å²) < 4.78 is 0. The lowest BCUT2D eigenvalue weighted by Crippen LogP contribution is -2.44. The second-order valence-electron chi connectivity index (χ2n) is 5.12. The molecule has 1 aromatic heterocycles. The van der Waals surface area contributed by atoms with Crippen molar-refractivity contribution in [3.63, 3.8) is 0 Å². The summed E-state index contributed by atoms with van der Waals surface area (Å²) in [5.74, 6) is 0.0647. The van der Waals surface area contributed by atoms with E-state index in [0.29, 0.717) is 0 Å². The first-order valence-electron chi connectivity index (χ1n) is 6.89. The summed E-state index contributed by atoms with van der Waals surface area (Å²) in [5.41, 5.74) is 2.23. The van der Waals surface area contributed by atoms with Crippen molar-refractivity contribution < 1.29 is 4.79 Å². The highest BCUT2D eigenvalue weighted by Gasteiger charge is 2.25. The number of nitrogens with zero attached hydrogens (tertiary/aromatic N) is 1. The van der Waals surface area contributed by atoms with Crippen LogP contribution < -0.4 is 5.32 Å². The fourth-order valence-corrected chi connectivity index (χ4v) is 3.42. The number of anilines is 1. The number of para-hydroxylation sites is 1. The van der Waals surface area contributed by atoms with Crippen LogP contribution in [0.15, 0.2) is 41.8 Å². The Morgan fingerprint density at radius 3 is 2.90 bits per heavy atom. The predicted octanol–water partition coefficient (Wildman–Crippen LogP) is 3.13. The molecule has 0 radical (unpaired) electrons. The van der Waals surface area contributed by atoms with E-state index in [0.717, 1.165) is 25.2 Å². The van der Waals surface area contributed by atoms with Crippen molar-refractivity contribution in [2.75, 3.05) is 11.9 Å². The smallest absolute Gasteiger partial charge is 0.241 e. The number of carbonyl (C=O) groups excluding carboxylic acids is 1. The number of thiophene rings is 1. The minimum atomic E-state index is -0.108. The largest absolute Gasteiger partial charge is 0.325 e. The Hall–Kier alpha value is -1.65. The maximum atomic E-state index is 12.3. The molecule has 0 spiro atoms. The van der Waals surface area contributed by atoms with Gasteiger partial charge in [-0.1, -0.05) is 18.2 Å². The first-order chi connectivity index (χ1) is 9.74. The molecular weight excluding hydrogens is 268 g/mol. The maximum absolute atomic E-state index is 12.3. The quantitative estimate of drug-likeness (QED) is 0.940.